The lowest BCUT2D eigenvalue weighted by Crippen LogP contribution is -2.35. The number of amides is 2. The highest BCUT2D eigenvalue weighted by atomic mass is 16.2. The van der Waals surface area contributed by atoms with Crippen LogP contribution >= 0.6 is 0 Å². The zero-order valence-electron chi connectivity index (χ0n) is 11.5. The number of rotatable bonds is 3. The van der Waals surface area contributed by atoms with Crippen molar-refractivity contribution in [3.05, 3.63) is 40.5 Å². The molecule has 2 N–H and O–H groups in total. The number of carbonyl (C=O) groups is 2. The first-order valence-corrected chi connectivity index (χ1v) is 6.31. The maximum absolute atomic E-state index is 12.3. The smallest absolute Gasteiger partial charge is 0.261 e. The van der Waals surface area contributed by atoms with Gasteiger partial charge in [-0.05, 0) is 37.5 Å². The minimum absolute atomic E-state index is 0.245. The average Bonchev–Trinajstić information content (AvgIpc) is 2.56. The Balaban J connectivity index is 2.47. The number of imide groups is 1. The summed E-state index contributed by atoms with van der Waals surface area (Å²) < 4.78 is 0. The second kappa shape index (κ2) is 4.97. The molecular formula is C15H18N2O2. The molecule has 100 valence electrons. The van der Waals surface area contributed by atoms with Gasteiger partial charge in [-0.15, -0.1) is 0 Å². The van der Waals surface area contributed by atoms with Crippen LogP contribution in [0.25, 0.3) is 5.57 Å². The molecule has 0 fully saturated rings. The number of benzene rings is 1. The molecule has 2 rings (SSSR count). The van der Waals surface area contributed by atoms with Crippen LogP contribution in [0.5, 0.6) is 0 Å². The standard InChI is InChI=1S/C15H18N2O2/c1-9-6-10(2)14(11(3)7-9)12-8-13(18)17(5-4-16)15(12)19/h6-8H,4-5,16H2,1-3H3. The first kappa shape index (κ1) is 13.5. The van der Waals surface area contributed by atoms with Crippen LogP contribution in [0.3, 0.4) is 0 Å². The molecule has 4 nitrogen and oxygen atoms in total. The summed E-state index contributed by atoms with van der Waals surface area (Å²) in [5, 5.41) is 0. The predicted octanol–water partition coefficient (Wildman–Crippen LogP) is 1.32. The lowest BCUT2D eigenvalue weighted by molar-refractivity contribution is -0.136. The normalized spacial score (nSPS) is 15.2. The van der Waals surface area contributed by atoms with Crippen molar-refractivity contribution in [1.82, 2.24) is 4.90 Å². The summed E-state index contributed by atoms with van der Waals surface area (Å²) in [4.78, 5) is 25.3. The molecule has 0 saturated heterocycles. The number of hydrogen-bond donors (Lipinski definition) is 1. The quantitative estimate of drug-likeness (QED) is 0.832. The van der Waals surface area contributed by atoms with Gasteiger partial charge >= 0.3 is 0 Å². The summed E-state index contributed by atoms with van der Waals surface area (Å²) in [6.07, 6.45) is 1.42. The maximum atomic E-state index is 12.3. The fourth-order valence-corrected chi connectivity index (χ4v) is 2.63. The van der Waals surface area contributed by atoms with Crippen molar-refractivity contribution in [1.29, 1.82) is 0 Å². The van der Waals surface area contributed by atoms with Crippen molar-refractivity contribution in [2.75, 3.05) is 13.1 Å². The molecule has 0 unspecified atom stereocenters. The SMILES string of the molecule is Cc1cc(C)c(C2=CC(=O)N(CCN)C2=O)c(C)c1. The number of hydrogen-bond acceptors (Lipinski definition) is 3. The Hall–Kier alpha value is -1.94. The van der Waals surface area contributed by atoms with Gasteiger partial charge in [-0.1, -0.05) is 17.7 Å². The Bertz CT molecular complexity index is 565. The Labute approximate surface area is 112 Å². The Morgan fingerprint density at radius 2 is 1.68 bits per heavy atom. The number of nitrogens with two attached hydrogens (primary N) is 1. The molecule has 0 saturated carbocycles. The van der Waals surface area contributed by atoms with Crippen molar-refractivity contribution in [3.63, 3.8) is 0 Å². The Kier molecular flexibility index (Phi) is 3.53. The lowest BCUT2D eigenvalue weighted by atomic mass is 9.94. The molecule has 2 amide bonds. The van der Waals surface area contributed by atoms with Gasteiger partial charge in [0, 0.05) is 19.2 Å². The molecule has 1 aliphatic heterocycles. The van der Waals surface area contributed by atoms with Gasteiger partial charge in [0.25, 0.3) is 11.8 Å². The van der Waals surface area contributed by atoms with Gasteiger partial charge in [0.05, 0.1) is 5.57 Å². The summed E-state index contributed by atoms with van der Waals surface area (Å²) in [6.45, 7) is 6.48. The van der Waals surface area contributed by atoms with Crippen molar-refractivity contribution in [2.24, 2.45) is 5.73 Å². The van der Waals surface area contributed by atoms with E-state index in [0.717, 1.165) is 22.3 Å². The summed E-state index contributed by atoms with van der Waals surface area (Å²) in [5.74, 6) is -0.518. The van der Waals surface area contributed by atoms with Crippen LogP contribution in [0, 0.1) is 20.8 Å². The summed E-state index contributed by atoms with van der Waals surface area (Å²) in [7, 11) is 0. The first-order valence-electron chi connectivity index (χ1n) is 6.31. The van der Waals surface area contributed by atoms with Crippen LogP contribution in [0.2, 0.25) is 0 Å². The number of aryl methyl sites for hydroxylation is 3. The second-order valence-corrected chi connectivity index (χ2v) is 4.92. The highest BCUT2D eigenvalue weighted by molar-refractivity contribution is 6.33. The molecule has 0 aromatic heterocycles. The van der Waals surface area contributed by atoms with E-state index in [-0.39, 0.29) is 24.9 Å². The third-order valence-corrected chi connectivity index (χ3v) is 3.31. The van der Waals surface area contributed by atoms with E-state index in [1.807, 2.05) is 32.9 Å². The molecule has 0 bridgehead atoms. The van der Waals surface area contributed by atoms with E-state index in [1.54, 1.807) is 0 Å². The van der Waals surface area contributed by atoms with E-state index >= 15 is 0 Å². The third kappa shape index (κ3) is 2.31. The molecule has 0 spiro atoms. The van der Waals surface area contributed by atoms with Gasteiger partial charge in [0.2, 0.25) is 0 Å². The summed E-state index contributed by atoms with van der Waals surface area (Å²) in [5.41, 5.74) is 9.95. The van der Waals surface area contributed by atoms with Gasteiger partial charge in [-0.2, -0.15) is 0 Å². The van der Waals surface area contributed by atoms with E-state index < -0.39 is 0 Å². The molecular weight excluding hydrogens is 240 g/mol. The third-order valence-electron chi connectivity index (χ3n) is 3.31. The molecule has 19 heavy (non-hydrogen) atoms. The van der Waals surface area contributed by atoms with Crippen LogP contribution in [-0.2, 0) is 9.59 Å². The fourth-order valence-electron chi connectivity index (χ4n) is 2.63. The van der Waals surface area contributed by atoms with Crippen LogP contribution in [0.15, 0.2) is 18.2 Å². The van der Waals surface area contributed by atoms with Gasteiger partial charge < -0.3 is 5.73 Å². The first-order chi connectivity index (χ1) is 8.95. The van der Waals surface area contributed by atoms with Crippen molar-refractivity contribution in [3.8, 4) is 0 Å². The summed E-state index contributed by atoms with van der Waals surface area (Å²) in [6, 6.07) is 4.04. The average molecular weight is 258 g/mol. The minimum Gasteiger partial charge on any atom is -0.329 e. The van der Waals surface area contributed by atoms with Crippen molar-refractivity contribution >= 4 is 17.4 Å². The predicted molar refractivity (Wildman–Crippen MR) is 74.4 cm³/mol. The largest absolute Gasteiger partial charge is 0.329 e. The zero-order chi connectivity index (χ0) is 14.2. The van der Waals surface area contributed by atoms with Gasteiger partial charge in [0.1, 0.15) is 0 Å². The molecule has 1 aromatic rings. The van der Waals surface area contributed by atoms with Crippen molar-refractivity contribution < 1.29 is 9.59 Å². The fraction of sp³-hybridized carbons (Fsp3) is 0.333. The maximum Gasteiger partial charge on any atom is 0.261 e. The number of carbonyl (C=O) groups excluding carboxylic acids is 2. The lowest BCUT2D eigenvalue weighted by Gasteiger charge is -2.15. The minimum atomic E-state index is -0.273. The van der Waals surface area contributed by atoms with E-state index in [9.17, 15) is 9.59 Å². The Morgan fingerprint density at radius 3 is 2.21 bits per heavy atom. The number of nitrogens with zero attached hydrogens (tertiary/aromatic N) is 1. The van der Waals surface area contributed by atoms with Crippen LogP contribution in [0.1, 0.15) is 22.3 Å². The van der Waals surface area contributed by atoms with E-state index in [0.29, 0.717) is 5.57 Å². The van der Waals surface area contributed by atoms with E-state index in [4.69, 9.17) is 5.73 Å². The zero-order valence-corrected chi connectivity index (χ0v) is 11.5. The molecule has 1 aromatic carbocycles. The highest BCUT2D eigenvalue weighted by Gasteiger charge is 2.32. The van der Waals surface area contributed by atoms with Crippen LogP contribution < -0.4 is 5.73 Å². The topological polar surface area (TPSA) is 63.4 Å². The molecule has 0 atom stereocenters. The summed E-state index contributed by atoms with van der Waals surface area (Å²) >= 11 is 0. The molecule has 1 aliphatic rings. The highest BCUT2D eigenvalue weighted by Crippen LogP contribution is 2.29. The van der Waals surface area contributed by atoms with Crippen molar-refractivity contribution in [2.45, 2.75) is 20.8 Å². The molecule has 4 heteroatoms. The molecule has 0 aliphatic carbocycles. The van der Waals surface area contributed by atoms with Crippen LogP contribution in [-0.4, -0.2) is 29.8 Å². The second-order valence-electron chi connectivity index (χ2n) is 4.92. The monoisotopic (exact) mass is 258 g/mol. The van der Waals surface area contributed by atoms with Gasteiger partial charge in [-0.3, -0.25) is 14.5 Å². The van der Waals surface area contributed by atoms with Gasteiger partial charge in [-0.25, -0.2) is 0 Å². The molecule has 1 heterocycles. The van der Waals surface area contributed by atoms with E-state index in [2.05, 4.69) is 0 Å². The van der Waals surface area contributed by atoms with E-state index in [1.165, 1.54) is 11.0 Å². The Morgan fingerprint density at radius 1 is 1.11 bits per heavy atom. The van der Waals surface area contributed by atoms with Gasteiger partial charge in [0.15, 0.2) is 0 Å². The van der Waals surface area contributed by atoms with Crippen LogP contribution in [0.4, 0.5) is 0 Å². The molecule has 0 radical (unpaired) electrons.